The lowest BCUT2D eigenvalue weighted by atomic mass is 9.85. The summed E-state index contributed by atoms with van der Waals surface area (Å²) in [6, 6.07) is 3.73. The molecule has 2 amide bonds. The summed E-state index contributed by atoms with van der Waals surface area (Å²) in [5.41, 5.74) is -0.550. The standard InChI is InChI=1S/C33H46F2N4O6/c1-19-14-15-39(27(19)20(2)40)30(42)28(32(3,4)5)38-31(43)45-33(18-26(34)35)17-21(33)10-8-7-9-11-24-29(41)37-25-16-22(44-6)12-13-23(25)36-24/h12-13,16,19,21,26-28H,7-11,14-15,17-18H2,1-6H3,(H,37,41)(H,38,43)/t19-,21-,27+,28-,33+/m1/s1. The zero-order chi connectivity index (χ0) is 33.1. The number of carbonyl (C=O) groups excluding carboxylic acids is 3. The molecule has 1 aromatic carbocycles. The second-order valence-corrected chi connectivity index (χ2v) is 13.7. The molecule has 5 atom stereocenters. The lowest BCUT2D eigenvalue weighted by Gasteiger charge is -2.35. The number of carbonyl (C=O) groups is 3. The number of hydrogen-bond donors (Lipinski definition) is 2. The van der Waals surface area contributed by atoms with E-state index in [2.05, 4.69) is 15.3 Å². The Morgan fingerprint density at radius 2 is 1.93 bits per heavy atom. The molecule has 45 heavy (non-hydrogen) atoms. The fourth-order valence-electron chi connectivity index (χ4n) is 6.62. The number of likely N-dealkylation sites (tertiary alicyclic amines) is 1. The van der Waals surface area contributed by atoms with Crippen LogP contribution in [0.5, 0.6) is 5.75 Å². The number of amides is 2. The number of nitrogens with one attached hydrogen (secondary N) is 2. The molecule has 0 unspecified atom stereocenters. The van der Waals surface area contributed by atoms with Gasteiger partial charge in [-0.3, -0.25) is 14.4 Å². The van der Waals surface area contributed by atoms with Gasteiger partial charge in [-0.1, -0.05) is 40.5 Å². The van der Waals surface area contributed by atoms with E-state index in [4.69, 9.17) is 9.47 Å². The van der Waals surface area contributed by atoms with Crippen LogP contribution in [0.2, 0.25) is 0 Å². The first-order valence-corrected chi connectivity index (χ1v) is 15.8. The Bertz CT molecular complexity index is 1460. The summed E-state index contributed by atoms with van der Waals surface area (Å²) in [7, 11) is 1.55. The number of Topliss-reactive ketones (excluding diaryl/α,β-unsaturated/α-hetero) is 1. The third-order valence-corrected chi connectivity index (χ3v) is 9.18. The number of benzene rings is 1. The first kappa shape index (κ1) is 34.3. The van der Waals surface area contributed by atoms with Crippen LogP contribution in [0.3, 0.4) is 0 Å². The van der Waals surface area contributed by atoms with Gasteiger partial charge in [0.25, 0.3) is 5.56 Å². The van der Waals surface area contributed by atoms with Crippen LogP contribution in [0.15, 0.2) is 23.0 Å². The smallest absolute Gasteiger partial charge is 0.408 e. The van der Waals surface area contributed by atoms with Crippen molar-refractivity contribution < 1.29 is 32.6 Å². The number of ketones is 1. The van der Waals surface area contributed by atoms with Crippen LogP contribution in [0.25, 0.3) is 11.0 Å². The molecule has 2 fully saturated rings. The van der Waals surface area contributed by atoms with Gasteiger partial charge in [0, 0.05) is 24.9 Å². The minimum atomic E-state index is -2.66. The molecule has 4 rings (SSSR count). The van der Waals surface area contributed by atoms with E-state index >= 15 is 0 Å². The second kappa shape index (κ2) is 13.8. The van der Waals surface area contributed by atoms with E-state index in [0.29, 0.717) is 67.5 Å². The summed E-state index contributed by atoms with van der Waals surface area (Å²) in [4.78, 5) is 60.3. The Balaban J connectivity index is 1.31. The maximum Gasteiger partial charge on any atom is 0.408 e. The molecule has 2 aromatic rings. The van der Waals surface area contributed by atoms with Crippen LogP contribution in [-0.4, -0.2) is 70.4 Å². The van der Waals surface area contributed by atoms with E-state index in [1.807, 2.05) is 6.92 Å². The second-order valence-electron chi connectivity index (χ2n) is 13.7. The lowest BCUT2D eigenvalue weighted by Crippen LogP contribution is -2.57. The average molecular weight is 633 g/mol. The summed E-state index contributed by atoms with van der Waals surface area (Å²) >= 11 is 0. The minimum Gasteiger partial charge on any atom is -0.497 e. The van der Waals surface area contributed by atoms with Gasteiger partial charge in [-0.15, -0.1) is 0 Å². The molecule has 1 saturated carbocycles. The average Bonchev–Trinajstić information content (AvgIpc) is 3.44. The molecule has 2 heterocycles. The number of hydrogen-bond acceptors (Lipinski definition) is 7. The number of halogens is 2. The SMILES string of the molecule is COc1ccc2nc(CCCCC[C@@H]3C[C@@]3(CC(F)F)OC(=O)N[C@H](C(=O)N3CC[C@@H](C)[C@H]3C(C)=O)C(C)(C)C)c(=O)[nH]c2c1. The molecule has 0 radical (unpaired) electrons. The first-order chi connectivity index (χ1) is 21.1. The highest BCUT2D eigenvalue weighted by atomic mass is 19.3. The molecule has 1 aromatic heterocycles. The van der Waals surface area contributed by atoms with Crippen LogP contribution >= 0.6 is 0 Å². The number of rotatable bonds is 13. The lowest BCUT2D eigenvalue weighted by molar-refractivity contribution is -0.141. The van der Waals surface area contributed by atoms with Crippen molar-refractivity contribution in [3.63, 3.8) is 0 Å². The maximum absolute atomic E-state index is 13.6. The van der Waals surface area contributed by atoms with E-state index in [-0.39, 0.29) is 29.1 Å². The van der Waals surface area contributed by atoms with Gasteiger partial charge in [-0.2, -0.15) is 0 Å². The number of fused-ring (bicyclic) bond motifs is 1. The number of H-pyrrole nitrogens is 1. The molecule has 2 N–H and O–H groups in total. The zero-order valence-corrected chi connectivity index (χ0v) is 27.1. The minimum absolute atomic E-state index is 0.00898. The molecule has 12 heteroatoms. The summed E-state index contributed by atoms with van der Waals surface area (Å²) in [6.07, 6.45) is 0.100. The molecule has 248 valence electrons. The van der Waals surface area contributed by atoms with Crippen molar-refractivity contribution in [2.24, 2.45) is 17.3 Å². The van der Waals surface area contributed by atoms with Crippen LogP contribution in [0, 0.1) is 17.3 Å². The quantitative estimate of drug-likeness (QED) is 0.282. The van der Waals surface area contributed by atoms with Crippen molar-refractivity contribution in [3.05, 3.63) is 34.2 Å². The molecular formula is C33H46F2N4O6. The predicted molar refractivity (Wildman–Crippen MR) is 165 cm³/mol. The fourth-order valence-corrected chi connectivity index (χ4v) is 6.62. The Morgan fingerprint density at radius 3 is 2.58 bits per heavy atom. The van der Waals surface area contributed by atoms with E-state index in [9.17, 15) is 28.0 Å². The fraction of sp³-hybridized carbons (Fsp3) is 0.667. The normalized spacial score (nSPS) is 23.7. The van der Waals surface area contributed by atoms with E-state index in [1.54, 1.807) is 46.1 Å². The summed E-state index contributed by atoms with van der Waals surface area (Å²) in [6.45, 7) is 9.18. The van der Waals surface area contributed by atoms with Gasteiger partial charge in [0.1, 0.15) is 23.1 Å². The molecule has 0 bridgehead atoms. The monoisotopic (exact) mass is 632 g/mol. The van der Waals surface area contributed by atoms with E-state index in [0.717, 1.165) is 6.42 Å². The van der Waals surface area contributed by atoms with E-state index in [1.165, 1.54) is 11.8 Å². The maximum atomic E-state index is 13.6. The summed E-state index contributed by atoms with van der Waals surface area (Å²) in [5.74, 6) is -0.0750. The van der Waals surface area contributed by atoms with Crippen molar-refractivity contribution >= 4 is 28.8 Å². The van der Waals surface area contributed by atoms with Crippen LogP contribution < -0.4 is 15.6 Å². The van der Waals surface area contributed by atoms with Gasteiger partial charge in [0.05, 0.1) is 24.2 Å². The van der Waals surface area contributed by atoms with Crippen LogP contribution in [0.4, 0.5) is 13.6 Å². The van der Waals surface area contributed by atoms with Gasteiger partial charge < -0.3 is 24.7 Å². The van der Waals surface area contributed by atoms with E-state index < -0.39 is 42.0 Å². The molecule has 1 aliphatic carbocycles. The van der Waals surface area contributed by atoms with Gasteiger partial charge >= 0.3 is 6.09 Å². The van der Waals surface area contributed by atoms with Crippen molar-refractivity contribution in [1.29, 1.82) is 0 Å². The van der Waals surface area contributed by atoms with Gasteiger partial charge in [0.2, 0.25) is 12.3 Å². The van der Waals surface area contributed by atoms with Crippen molar-refractivity contribution in [1.82, 2.24) is 20.2 Å². The summed E-state index contributed by atoms with van der Waals surface area (Å²) in [5, 5.41) is 2.66. The number of aromatic amines is 1. The molecule has 1 aliphatic heterocycles. The zero-order valence-electron chi connectivity index (χ0n) is 27.1. The van der Waals surface area contributed by atoms with Crippen molar-refractivity contribution in [2.75, 3.05) is 13.7 Å². The molecule has 10 nitrogen and oxygen atoms in total. The molecule has 1 saturated heterocycles. The number of methoxy groups -OCH3 is 1. The number of unbranched alkanes of at least 4 members (excludes halogenated alkanes) is 2. The number of aromatic nitrogens is 2. The molecule has 0 spiro atoms. The highest BCUT2D eigenvalue weighted by Crippen LogP contribution is 2.53. The predicted octanol–water partition coefficient (Wildman–Crippen LogP) is 5.42. The number of alkyl halides is 2. The topological polar surface area (TPSA) is 131 Å². The largest absolute Gasteiger partial charge is 0.497 e. The Morgan fingerprint density at radius 1 is 1.20 bits per heavy atom. The first-order valence-electron chi connectivity index (χ1n) is 15.8. The number of aryl methyl sites for hydroxylation is 1. The summed E-state index contributed by atoms with van der Waals surface area (Å²) < 4.78 is 38.1. The van der Waals surface area contributed by atoms with Crippen LogP contribution in [-0.2, 0) is 20.7 Å². The highest BCUT2D eigenvalue weighted by Gasteiger charge is 2.59. The third-order valence-electron chi connectivity index (χ3n) is 9.18. The Labute approximate surface area is 262 Å². The van der Waals surface area contributed by atoms with Crippen molar-refractivity contribution in [3.8, 4) is 5.75 Å². The number of alkyl carbamates (subject to hydrolysis) is 1. The number of ether oxygens (including phenoxy) is 2. The molecule has 2 aliphatic rings. The Hall–Kier alpha value is -3.57. The van der Waals surface area contributed by atoms with Crippen molar-refractivity contribution in [2.45, 2.75) is 110 Å². The third kappa shape index (κ3) is 8.18. The highest BCUT2D eigenvalue weighted by molar-refractivity contribution is 5.92. The van der Waals surface area contributed by atoms with Gasteiger partial charge in [0.15, 0.2) is 5.78 Å². The van der Waals surface area contributed by atoms with Gasteiger partial charge in [-0.25, -0.2) is 18.6 Å². The van der Waals surface area contributed by atoms with Crippen LogP contribution in [0.1, 0.15) is 85.3 Å². The van der Waals surface area contributed by atoms with Gasteiger partial charge in [-0.05, 0) is 62.5 Å². The number of nitrogens with zero attached hydrogens (tertiary/aromatic N) is 2. The Kier molecular flexibility index (Phi) is 10.5. The molecular weight excluding hydrogens is 586 g/mol.